The van der Waals surface area contributed by atoms with Crippen molar-refractivity contribution in [1.29, 1.82) is 0 Å². The van der Waals surface area contributed by atoms with Gasteiger partial charge in [0.25, 0.3) is 0 Å². The number of benzene rings is 1. The van der Waals surface area contributed by atoms with Gasteiger partial charge >= 0.3 is 0 Å². The lowest BCUT2D eigenvalue weighted by Gasteiger charge is -2.19. The predicted molar refractivity (Wildman–Crippen MR) is 62.7 cm³/mol. The normalized spacial score (nSPS) is 15.0. The fourth-order valence-corrected chi connectivity index (χ4v) is 1.61. The van der Waals surface area contributed by atoms with E-state index in [2.05, 4.69) is 26.1 Å². The van der Waals surface area contributed by atoms with Gasteiger partial charge in [0.2, 0.25) is 0 Å². The standard InChI is InChI=1S/C12H17ClFN/c1-4-8(2)15-9(3)10-5-6-12(14)11(13)7-10/h5-9,15H,4H2,1-3H3/t8-,9-/m0/s1. The third-order valence-corrected chi connectivity index (χ3v) is 2.88. The van der Waals surface area contributed by atoms with Crippen LogP contribution in [-0.4, -0.2) is 6.04 Å². The highest BCUT2D eigenvalue weighted by Gasteiger charge is 2.09. The minimum absolute atomic E-state index is 0.185. The first-order valence-electron chi connectivity index (χ1n) is 5.25. The maximum atomic E-state index is 12.9. The van der Waals surface area contributed by atoms with Crippen LogP contribution in [0.3, 0.4) is 0 Å². The van der Waals surface area contributed by atoms with E-state index in [1.165, 1.54) is 6.07 Å². The summed E-state index contributed by atoms with van der Waals surface area (Å²) in [7, 11) is 0. The van der Waals surface area contributed by atoms with E-state index in [4.69, 9.17) is 11.6 Å². The lowest BCUT2D eigenvalue weighted by atomic mass is 10.1. The van der Waals surface area contributed by atoms with Gasteiger partial charge in [0, 0.05) is 12.1 Å². The molecule has 1 aromatic carbocycles. The molecular formula is C12H17ClFN. The van der Waals surface area contributed by atoms with Crippen molar-refractivity contribution in [3.05, 3.63) is 34.6 Å². The van der Waals surface area contributed by atoms with E-state index in [1.54, 1.807) is 12.1 Å². The first kappa shape index (κ1) is 12.5. The third-order valence-electron chi connectivity index (χ3n) is 2.59. The minimum atomic E-state index is -0.365. The van der Waals surface area contributed by atoms with Crippen molar-refractivity contribution in [2.75, 3.05) is 0 Å². The lowest BCUT2D eigenvalue weighted by molar-refractivity contribution is 0.469. The van der Waals surface area contributed by atoms with Gasteiger partial charge in [-0.1, -0.05) is 24.6 Å². The molecule has 15 heavy (non-hydrogen) atoms. The van der Waals surface area contributed by atoms with Gasteiger partial charge in [-0.15, -0.1) is 0 Å². The molecule has 0 radical (unpaired) electrons. The summed E-state index contributed by atoms with van der Waals surface area (Å²) in [6, 6.07) is 5.49. The predicted octanol–water partition coefficient (Wildman–Crippen LogP) is 3.93. The van der Waals surface area contributed by atoms with Crippen LogP contribution >= 0.6 is 11.6 Å². The monoisotopic (exact) mass is 229 g/mol. The molecule has 0 aliphatic carbocycles. The smallest absolute Gasteiger partial charge is 0.141 e. The van der Waals surface area contributed by atoms with Crippen molar-refractivity contribution in [3.63, 3.8) is 0 Å². The van der Waals surface area contributed by atoms with Gasteiger partial charge in [-0.25, -0.2) is 4.39 Å². The average molecular weight is 230 g/mol. The highest BCUT2D eigenvalue weighted by Crippen LogP contribution is 2.21. The van der Waals surface area contributed by atoms with Crippen molar-refractivity contribution in [2.45, 2.75) is 39.3 Å². The Bertz CT molecular complexity index is 327. The number of rotatable bonds is 4. The zero-order chi connectivity index (χ0) is 11.4. The summed E-state index contributed by atoms with van der Waals surface area (Å²) in [5, 5.41) is 3.60. The van der Waals surface area contributed by atoms with Gasteiger partial charge in [0.1, 0.15) is 5.82 Å². The van der Waals surface area contributed by atoms with Crippen LogP contribution in [0.25, 0.3) is 0 Å². The van der Waals surface area contributed by atoms with Crippen LogP contribution in [0, 0.1) is 5.82 Å². The molecule has 1 nitrogen and oxygen atoms in total. The molecule has 0 unspecified atom stereocenters. The zero-order valence-electron chi connectivity index (χ0n) is 9.35. The lowest BCUT2D eigenvalue weighted by Crippen LogP contribution is -2.28. The molecule has 0 aromatic heterocycles. The van der Waals surface area contributed by atoms with E-state index in [1.807, 2.05) is 0 Å². The summed E-state index contributed by atoms with van der Waals surface area (Å²) in [5.74, 6) is -0.365. The molecule has 0 aliphatic rings. The highest BCUT2D eigenvalue weighted by atomic mass is 35.5. The minimum Gasteiger partial charge on any atom is -0.308 e. The van der Waals surface area contributed by atoms with Gasteiger partial charge in [0.05, 0.1) is 5.02 Å². The van der Waals surface area contributed by atoms with Crippen molar-refractivity contribution >= 4 is 11.6 Å². The van der Waals surface area contributed by atoms with Crippen LogP contribution in [0.5, 0.6) is 0 Å². The molecule has 0 saturated carbocycles. The van der Waals surface area contributed by atoms with Crippen molar-refractivity contribution in [1.82, 2.24) is 5.32 Å². The molecule has 2 atom stereocenters. The number of hydrogen-bond acceptors (Lipinski definition) is 1. The van der Waals surface area contributed by atoms with E-state index in [9.17, 15) is 4.39 Å². The molecule has 1 N–H and O–H groups in total. The molecule has 3 heteroatoms. The molecule has 1 rings (SSSR count). The average Bonchev–Trinajstić information content (AvgIpc) is 2.21. The van der Waals surface area contributed by atoms with E-state index in [0.29, 0.717) is 6.04 Å². The summed E-state index contributed by atoms with van der Waals surface area (Å²) in [6.45, 7) is 6.30. The van der Waals surface area contributed by atoms with Crippen molar-refractivity contribution in [3.8, 4) is 0 Å². The Morgan fingerprint density at radius 1 is 1.40 bits per heavy atom. The maximum Gasteiger partial charge on any atom is 0.141 e. The Hall–Kier alpha value is -0.600. The first-order chi connectivity index (χ1) is 7.04. The summed E-state index contributed by atoms with van der Waals surface area (Å²) < 4.78 is 12.9. The molecule has 0 heterocycles. The quantitative estimate of drug-likeness (QED) is 0.825. The summed E-state index contributed by atoms with van der Waals surface area (Å²) in [6.07, 6.45) is 1.07. The molecular weight excluding hydrogens is 213 g/mol. The first-order valence-corrected chi connectivity index (χ1v) is 5.63. The fraction of sp³-hybridized carbons (Fsp3) is 0.500. The highest BCUT2D eigenvalue weighted by molar-refractivity contribution is 6.30. The van der Waals surface area contributed by atoms with Gasteiger partial charge in [-0.2, -0.15) is 0 Å². The summed E-state index contributed by atoms with van der Waals surface area (Å²) in [4.78, 5) is 0. The second-order valence-electron chi connectivity index (χ2n) is 3.87. The Balaban J connectivity index is 2.73. The van der Waals surface area contributed by atoms with Crippen molar-refractivity contribution in [2.24, 2.45) is 0 Å². The third kappa shape index (κ3) is 3.47. The number of nitrogens with one attached hydrogen (secondary N) is 1. The second kappa shape index (κ2) is 5.47. The Morgan fingerprint density at radius 3 is 2.60 bits per heavy atom. The molecule has 1 aromatic rings. The fourth-order valence-electron chi connectivity index (χ4n) is 1.42. The van der Waals surface area contributed by atoms with Crippen LogP contribution in [0.4, 0.5) is 4.39 Å². The Labute approximate surface area is 95.6 Å². The molecule has 0 saturated heterocycles. The van der Waals surface area contributed by atoms with E-state index in [0.717, 1.165) is 12.0 Å². The van der Waals surface area contributed by atoms with E-state index in [-0.39, 0.29) is 16.9 Å². The molecule has 0 fully saturated rings. The Kier molecular flexibility index (Phi) is 4.55. The van der Waals surface area contributed by atoms with E-state index < -0.39 is 0 Å². The maximum absolute atomic E-state index is 12.9. The SMILES string of the molecule is CC[C@H](C)N[C@@H](C)c1ccc(F)c(Cl)c1. The van der Waals surface area contributed by atoms with Gasteiger partial charge in [-0.05, 0) is 38.0 Å². The topological polar surface area (TPSA) is 12.0 Å². The van der Waals surface area contributed by atoms with Gasteiger partial charge in [-0.3, -0.25) is 0 Å². The summed E-state index contributed by atoms with van der Waals surface area (Å²) >= 11 is 5.73. The number of hydrogen-bond donors (Lipinski definition) is 1. The van der Waals surface area contributed by atoms with Crippen LogP contribution in [0.2, 0.25) is 5.02 Å². The number of halogens is 2. The largest absolute Gasteiger partial charge is 0.308 e. The van der Waals surface area contributed by atoms with Crippen LogP contribution in [0.15, 0.2) is 18.2 Å². The van der Waals surface area contributed by atoms with Crippen molar-refractivity contribution < 1.29 is 4.39 Å². The van der Waals surface area contributed by atoms with Gasteiger partial charge < -0.3 is 5.32 Å². The zero-order valence-corrected chi connectivity index (χ0v) is 10.1. The van der Waals surface area contributed by atoms with Crippen LogP contribution in [-0.2, 0) is 0 Å². The molecule has 0 aliphatic heterocycles. The second-order valence-corrected chi connectivity index (χ2v) is 4.28. The molecule has 0 spiro atoms. The Morgan fingerprint density at radius 2 is 2.07 bits per heavy atom. The van der Waals surface area contributed by atoms with Crippen LogP contribution in [0.1, 0.15) is 38.8 Å². The van der Waals surface area contributed by atoms with E-state index >= 15 is 0 Å². The van der Waals surface area contributed by atoms with Crippen LogP contribution < -0.4 is 5.32 Å². The summed E-state index contributed by atoms with van der Waals surface area (Å²) in [5.41, 5.74) is 1.02. The molecule has 0 bridgehead atoms. The molecule has 0 amide bonds. The molecule has 84 valence electrons. The van der Waals surface area contributed by atoms with Gasteiger partial charge in [0.15, 0.2) is 0 Å².